The van der Waals surface area contributed by atoms with E-state index in [1.165, 1.54) is 26.2 Å². The van der Waals surface area contributed by atoms with Crippen molar-refractivity contribution in [3.63, 3.8) is 0 Å². The molecule has 0 atom stereocenters. The highest BCUT2D eigenvalue weighted by atomic mass is 32.1. The normalized spacial score (nSPS) is 10.4. The van der Waals surface area contributed by atoms with Crippen molar-refractivity contribution in [3.05, 3.63) is 162 Å². The van der Waals surface area contributed by atoms with Crippen molar-refractivity contribution in [1.82, 2.24) is 15.5 Å². The number of aromatic nitrogens is 3. The molecule has 0 saturated carbocycles. The number of carboxylic acid groups (broad SMARTS) is 1. The Morgan fingerprint density at radius 3 is 1.27 bits per heavy atom. The Morgan fingerprint density at radius 2 is 0.866 bits per heavy atom. The van der Waals surface area contributed by atoms with Crippen molar-refractivity contribution in [2.75, 3.05) is 39.0 Å². The maximum absolute atomic E-state index is 11.5. The van der Waals surface area contributed by atoms with Gasteiger partial charge in [-0.25, -0.2) is 9.59 Å². The minimum absolute atomic E-state index is 0.0290. The van der Waals surface area contributed by atoms with Gasteiger partial charge in [-0.15, -0.1) is 0 Å². The molecule has 336 valence electrons. The number of fused-ring (bicyclic) bond motifs is 3. The van der Waals surface area contributed by atoms with Crippen LogP contribution in [0.1, 0.15) is 38.0 Å². The largest absolute Gasteiger partial charge is 0.478 e. The summed E-state index contributed by atoms with van der Waals surface area (Å²) in [6.07, 6.45) is 0. The van der Waals surface area contributed by atoms with Gasteiger partial charge in [0, 0.05) is 22.6 Å². The first-order valence-electron chi connectivity index (χ1n) is 19.8. The molecule has 9 rings (SSSR count). The third-order valence-electron chi connectivity index (χ3n) is 9.29. The number of carboxylic acids is 1. The number of carbonyl (C=O) groups excluding carboxylic acids is 2. The van der Waals surface area contributed by atoms with Crippen molar-refractivity contribution < 1.29 is 37.8 Å². The number of carbonyl (C=O) groups is 3. The van der Waals surface area contributed by atoms with Crippen LogP contribution in [0.5, 0.6) is 0 Å². The molecule has 6 aromatic carbocycles. The van der Waals surface area contributed by atoms with Gasteiger partial charge in [0.1, 0.15) is 0 Å². The molecule has 3 aromatic heterocycles. The smallest absolute Gasteiger partial charge is 0.337 e. The lowest BCUT2D eigenvalue weighted by Crippen LogP contribution is -2.19. The zero-order chi connectivity index (χ0) is 47.3. The summed E-state index contributed by atoms with van der Waals surface area (Å²) in [6.45, 7) is 1.53. The van der Waals surface area contributed by atoms with Crippen molar-refractivity contribution in [3.8, 4) is 0 Å². The zero-order valence-corrected chi connectivity index (χ0v) is 37.7. The molecule has 0 aliphatic rings. The molecule has 0 aliphatic heterocycles. The summed E-state index contributed by atoms with van der Waals surface area (Å²) in [5.41, 5.74) is 5.32. The molecule has 3 heterocycles. The molecule has 0 saturated heterocycles. The highest BCUT2D eigenvalue weighted by Gasteiger charge is 2.13. The molecule has 0 fully saturated rings. The first-order valence-corrected chi connectivity index (χ1v) is 21.1. The SMILES string of the molecule is CC(=O)c1ccc(NC(=S)Nc2noc3ccccc23)cc1.COC(=O)c1cccc(NC(=S)Nc2noc3ccccc23)c1.O=C(O)c1cccc(NC(=S)Nc2noc3ccccc23)c1. The first kappa shape index (κ1) is 46.4. The van der Waals surface area contributed by atoms with E-state index in [9.17, 15) is 14.4 Å². The van der Waals surface area contributed by atoms with Crippen LogP contribution in [0.2, 0.25) is 0 Å². The fraction of sp³-hybridized carbons (Fsp3) is 0.0426. The molecule has 0 amide bonds. The number of nitrogens with one attached hydrogen (secondary N) is 6. The molecule has 67 heavy (non-hydrogen) atoms. The highest BCUT2D eigenvalue weighted by molar-refractivity contribution is 7.81. The Balaban J connectivity index is 0.000000149. The standard InChI is InChI=1S/C16H13N3O3S.C16H13N3O2S.C15H11N3O3S/c1-21-15(20)10-5-4-6-11(9-10)17-16(23)18-14-12-7-2-3-8-13(12)22-19-14;1-10(20)11-6-8-12(9-7-11)17-16(22)18-15-13-4-2-3-5-14(13)21-19-15;19-14(20)9-4-3-5-10(8-9)16-15(22)17-13-11-6-1-2-7-12(11)21-18-13/h2-9H,1H3,(H2,17,18,19,23);2-9H,1H3,(H2,17,18,19,22);1-8H,(H,19,20)(H2,16,17,18,22). The van der Waals surface area contributed by atoms with Gasteiger partial charge in [-0.1, -0.05) is 64.0 Å². The molecular formula is C47H37N9O8S3. The third kappa shape index (κ3) is 12.4. The van der Waals surface area contributed by atoms with Crippen molar-refractivity contribution in [1.29, 1.82) is 0 Å². The average molecular weight is 952 g/mol. The minimum Gasteiger partial charge on any atom is -0.478 e. The second-order valence-electron chi connectivity index (χ2n) is 13.9. The van der Waals surface area contributed by atoms with Gasteiger partial charge in [-0.2, -0.15) is 0 Å². The monoisotopic (exact) mass is 951 g/mol. The molecular weight excluding hydrogens is 915 g/mol. The minimum atomic E-state index is -0.995. The van der Waals surface area contributed by atoms with E-state index in [0.717, 1.165) is 21.8 Å². The molecule has 7 N–H and O–H groups in total. The lowest BCUT2D eigenvalue weighted by Gasteiger charge is -2.09. The topological polar surface area (TPSA) is 231 Å². The van der Waals surface area contributed by atoms with E-state index in [2.05, 4.69) is 47.4 Å². The van der Waals surface area contributed by atoms with Crippen LogP contribution in [0, 0.1) is 0 Å². The number of hydrogen-bond acceptors (Lipinski definition) is 13. The van der Waals surface area contributed by atoms with Crippen LogP contribution in [-0.2, 0) is 4.74 Å². The molecule has 0 unspecified atom stereocenters. The van der Waals surface area contributed by atoms with E-state index in [4.69, 9.17) is 60.1 Å². The molecule has 17 nitrogen and oxygen atoms in total. The van der Waals surface area contributed by atoms with Gasteiger partial charge in [-0.05, 0) is 141 Å². The fourth-order valence-electron chi connectivity index (χ4n) is 6.10. The Morgan fingerprint density at radius 1 is 0.478 bits per heavy atom. The maximum atomic E-state index is 11.5. The molecule has 0 aliphatic carbocycles. The van der Waals surface area contributed by atoms with Crippen LogP contribution >= 0.6 is 36.7 Å². The molecule has 0 bridgehead atoms. The number of hydrogen-bond donors (Lipinski definition) is 7. The summed E-state index contributed by atoms with van der Waals surface area (Å²) in [6, 6.07) is 42.7. The predicted molar refractivity (Wildman–Crippen MR) is 269 cm³/mol. The van der Waals surface area contributed by atoms with Gasteiger partial charge in [0.15, 0.2) is 55.3 Å². The number of aromatic carboxylic acids is 1. The average Bonchev–Trinajstić information content (AvgIpc) is 4.06. The van der Waals surface area contributed by atoms with Gasteiger partial charge in [-0.3, -0.25) is 4.79 Å². The van der Waals surface area contributed by atoms with Gasteiger partial charge in [0.2, 0.25) is 0 Å². The second-order valence-corrected chi connectivity index (χ2v) is 15.1. The highest BCUT2D eigenvalue weighted by Crippen LogP contribution is 2.25. The van der Waals surface area contributed by atoms with Crippen molar-refractivity contribution in [2.45, 2.75) is 6.92 Å². The Bertz CT molecular complexity index is 3260. The Hall–Kier alpha value is -8.59. The van der Waals surface area contributed by atoms with E-state index in [-0.39, 0.29) is 11.3 Å². The van der Waals surface area contributed by atoms with E-state index in [1.54, 1.807) is 66.7 Å². The lowest BCUT2D eigenvalue weighted by atomic mass is 10.1. The van der Waals surface area contributed by atoms with Crippen LogP contribution in [0.4, 0.5) is 34.5 Å². The third-order valence-corrected chi connectivity index (χ3v) is 9.90. The number of rotatable bonds is 9. The Labute approximate surface area is 396 Å². The summed E-state index contributed by atoms with van der Waals surface area (Å²) >= 11 is 15.7. The van der Waals surface area contributed by atoms with Gasteiger partial charge in [0.05, 0.1) is 34.4 Å². The van der Waals surface area contributed by atoms with Crippen molar-refractivity contribution in [2.24, 2.45) is 0 Å². The fourth-order valence-corrected chi connectivity index (χ4v) is 6.74. The number of para-hydroxylation sites is 3. The second kappa shape index (κ2) is 21.9. The van der Waals surface area contributed by atoms with Crippen LogP contribution in [0.15, 0.2) is 159 Å². The summed E-state index contributed by atoms with van der Waals surface area (Å²) in [5, 5.41) is 42.2. The quantitative estimate of drug-likeness (QED) is 0.0405. The van der Waals surface area contributed by atoms with E-state index < -0.39 is 11.9 Å². The number of anilines is 6. The van der Waals surface area contributed by atoms with E-state index in [0.29, 0.717) is 72.0 Å². The summed E-state index contributed by atoms with van der Waals surface area (Å²) < 4.78 is 20.3. The number of nitrogens with zero attached hydrogens (tertiary/aromatic N) is 3. The zero-order valence-electron chi connectivity index (χ0n) is 35.2. The van der Waals surface area contributed by atoms with Crippen LogP contribution in [-0.4, -0.2) is 60.7 Å². The Kier molecular flexibility index (Phi) is 15.1. The van der Waals surface area contributed by atoms with Crippen LogP contribution in [0.3, 0.4) is 0 Å². The number of ketones is 1. The van der Waals surface area contributed by atoms with E-state index >= 15 is 0 Å². The summed E-state index contributed by atoms with van der Waals surface area (Å²) in [7, 11) is 1.34. The number of thiocarbonyl (C=S) groups is 3. The molecule has 0 radical (unpaired) electrons. The van der Waals surface area contributed by atoms with Gasteiger partial charge in [0.25, 0.3) is 0 Å². The number of esters is 1. The van der Waals surface area contributed by atoms with Gasteiger partial charge >= 0.3 is 11.9 Å². The predicted octanol–water partition coefficient (Wildman–Crippen LogP) is 10.6. The van der Waals surface area contributed by atoms with Crippen LogP contribution < -0.4 is 31.9 Å². The first-order chi connectivity index (χ1) is 32.4. The summed E-state index contributed by atoms with van der Waals surface area (Å²) in [5.74, 6) is 0.222. The number of ether oxygens (including phenoxy) is 1. The summed E-state index contributed by atoms with van der Waals surface area (Å²) in [4.78, 5) is 33.7. The molecule has 20 heteroatoms. The van der Waals surface area contributed by atoms with Crippen molar-refractivity contribution >= 4 is 137 Å². The number of Topliss-reactive ketones (excluding diaryl/α,β-unsaturated/α-hetero) is 1. The van der Waals surface area contributed by atoms with Gasteiger partial charge < -0.3 is 55.3 Å². The lowest BCUT2D eigenvalue weighted by molar-refractivity contribution is 0.0599. The maximum Gasteiger partial charge on any atom is 0.337 e. The van der Waals surface area contributed by atoms with E-state index in [1.807, 2.05) is 66.7 Å². The molecule has 9 aromatic rings. The number of methoxy groups -OCH3 is 1. The van der Waals surface area contributed by atoms with Crippen LogP contribution in [0.25, 0.3) is 32.9 Å². The molecule has 0 spiro atoms. The number of benzene rings is 6.